The van der Waals surface area contributed by atoms with Crippen LogP contribution in [0.2, 0.25) is 0 Å². The van der Waals surface area contributed by atoms with Crippen LogP contribution in [-0.4, -0.2) is 46.6 Å². The first-order valence-electron chi connectivity index (χ1n) is 7.21. The molecule has 1 fully saturated rings. The Morgan fingerprint density at radius 1 is 1.24 bits per heavy atom. The molecule has 1 aromatic rings. The lowest BCUT2D eigenvalue weighted by molar-refractivity contribution is -0.384. The highest BCUT2D eigenvalue weighted by atomic mass is 16.6. The van der Waals surface area contributed by atoms with Crippen LogP contribution in [0.1, 0.15) is 26.3 Å². The van der Waals surface area contributed by atoms with Gasteiger partial charge in [-0.25, -0.2) is 0 Å². The third kappa shape index (κ3) is 3.51. The van der Waals surface area contributed by atoms with Gasteiger partial charge in [-0.2, -0.15) is 0 Å². The van der Waals surface area contributed by atoms with Crippen molar-refractivity contribution in [2.75, 3.05) is 31.1 Å². The predicted octanol–water partition coefficient (Wildman–Crippen LogP) is 2.01. The molecule has 1 aliphatic rings. The second-order valence-electron chi connectivity index (χ2n) is 6.37. The Morgan fingerprint density at radius 2 is 1.86 bits per heavy atom. The van der Waals surface area contributed by atoms with Crippen LogP contribution in [0.3, 0.4) is 0 Å². The van der Waals surface area contributed by atoms with Gasteiger partial charge in [0.2, 0.25) is 0 Å². The van der Waals surface area contributed by atoms with Gasteiger partial charge < -0.3 is 10.0 Å². The van der Waals surface area contributed by atoms with Crippen LogP contribution in [0.25, 0.3) is 0 Å². The molecular weight excluding hydrogens is 270 g/mol. The topological polar surface area (TPSA) is 69.9 Å². The Hall–Kier alpha value is -1.66. The lowest BCUT2D eigenvalue weighted by Gasteiger charge is -2.43. The highest BCUT2D eigenvalue weighted by Crippen LogP contribution is 2.27. The number of hydrogen-bond acceptors (Lipinski definition) is 5. The summed E-state index contributed by atoms with van der Waals surface area (Å²) in [5.74, 6) is 0. The lowest BCUT2D eigenvalue weighted by Crippen LogP contribution is -2.53. The van der Waals surface area contributed by atoms with Crippen LogP contribution < -0.4 is 4.90 Å². The quantitative estimate of drug-likeness (QED) is 0.682. The molecule has 0 atom stereocenters. The number of aliphatic hydroxyl groups is 1. The van der Waals surface area contributed by atoms with Crippen molar-refractivity contribution in [1.29, 1.82) is 0 Å². The van der Waals surface area contributed by atoms with Gasteiger partial charge in [-0.05, 0) is 26.8 Å². The van der Waals surface area contributed by atoms with Gasteiger partial charge in [-0.15, -0.1) is 0 Å². The third-order valence-corrected chi connectivity index (χ3v) is 4.01. The molecule has 6 heteroatoms. The van der Waals surface area contributed by atoms with Gasteiger partial charge in [0.25, 0.3) is 5.69 Å². The van der Waals surface area contributed by atoms with Crippen molar-refractivity contribution in [3.05, 3.63) is 33.9 Å². The zero-order valence-corrected chi connectivity index (χ0v) is 12.9. The van der Waals surface area contributed by atoms with Crippen LogP contribution in [0, 0.1) is 10.1 Å². The van der Waals surface area contributed by atoms with Crippen molar-refractivity contribution in [2.24, 2.45) is 0 Å². The largest absolute Gasteiger partial charge is 0.392 e. The van der Waals surface area contributed by atoms with Crippen molar-refractivity contribution in [3.63, 3.8) is 0 Å². The predicted molar refractivity (Wildman–Crippen MR) is 82.6 cm³/mol. The van der Waals surface area contributed by atoms with Crippen LogP contribution in [0.4, 0.5) is 11.4 Å². The Bertz CT molecular complexity index is 517. The molecule has 0 spiro atoms. The van der Waals surface area contributed by atoms with Crippen molar-refractivity contribution in [2.45, 2.75) is 32.9 Å². The number of hydrogen-bond donors (Lipinski definition) is 1. The number of nitrogens with zero attached hydrogens (tertiary/aromatic N) is 3. The molecule has 1 aromatic carbocycles. The Balaban J connectivity index is 2.15. The number of aliphatic hydroxyl groups excluding tert-OH is 1. The van der Waals surface area contributed by atoms with E-state index in [9.17, 15) is 15.2 Å². The summed E-state index contributed by atoms with van der Waals surface area (Å²) in [5.41, 5.74) is 1.70. The first-order chi connectivity index (χ1) is 9.82. The molecule has 1 N–H and O–H groups in total. The number of rotatable bonds is 3. The Kier molecular flexibility index (Phi) is 4.49. The number of non-ortho nitro benzene ring substituents is 1. The molecule has 0 unspecified atom stereocenters. The molecule has 1 heterocycles. The van der Waals surface area contributed by atoms with E-state index in [1.807, 2.05) is 0 Å². The molecule has 0 bridgehead atoms. The Morgan fingerprint density at radius 3 is 2.33 bits per heavy atom. The van der Waals surface area contributed by atoms with Gasteiger partial charge in [-0.3, -0.25) is 15.0 Å². The average molecular weight is 293 g/mol. The van der Waals surface area contributed by atoms with Crippen LogP contribution >= 0.6 is 0 Å². The molecule has 0 aliphatic carbocycles. The fourth-order valence-corrected chi connectivity index (χ4v) is 2.74. The highest BCUT2D eigenvalue weighted by molar-refractivity contribution is 5.58. The number of benzene rings is 1. The smallest absolute Gasteiger partial charge is 0.269 e. The van der Waals surface area contributed by atoms with Crippen molar-refractivity contribution in [3.8, 4) is 0 Å². The zero-order chi connectivity index (χ0) is 15.6. The van der Waals surface area contributed by atoms with Crippen LogP contribution in [0.5, 0.6) is 0 Å². The normalized spacial score (nSPS) is 17.0. The minimum Gasteiger partial charge on any atom is -0.392 e. The molecule has 0 radical (unpaired) electrons. The van der Waals surface area contributed by atoms with E-state index in [1.54, 1.807) is 6.07 Å². The van der Waals surface area contributed by atoms with Crippen molar-refractivity contribution in [1.82, 2.24) is 4.90 Å². The van der Waals surface area contributed by atoms with E-state index < -0.39 is 4.92 Å². The van der Waals surface area contributed by atoms with Gasteiger partial charge in [0.05, 0.1) is 11.5 Å². The van der Waals surface area contributed by atoms with Crippen molar-refractivity contribution >= 4 is 11.4 Å². The maximum Gasteiger partial charge on any atom is 0.269 e. The summed E-state index contributed by atoms with van der Waals surface area (Å²) >= 11 is 0. The summed E-state index contributed by atoms with van der Waals surface area (Å²) < 4.78 is 0. The fourth-order valence-electron chi connectivity index (χ4n) is 2.74. The molecule has 2 rings (SSSR count). The first kappa shape index (κ1) is 15.7. The van der Waals surface area contributed by atoms with Gasteiger partial charge in [0.15, 0.2) is 0 Å². The molecule has 0 amide bonds. The highest BCUT2D eigenvalue weighted by Gasteiger charge is 2.26. The lowest BCUT2D eigenvalue weighted by atomic mass is 10.0. The summed E-state index contributed by atoms with van der Waals surface area (Å²) in [6, 6.07) is 4.71. The van der Waals surface area contributed by atoms with Crippen LogP contribution in [-0.2, 0) is 6.61 Å². The fraction of sp³-hybridized carbons (Fsp3) is 0.600. The molecule has 6 nitrogen and oxygen atoms in total. The molecule has 0 aromatic heterocycles. The van der Waals surface area contributed by atoms with Gasteiger partial charge in [0.1, 0.15) is 0 Å². The first-order valence-corrected chi connectivity index (χ1v) is 7.21. The molecule has 1 aliphatic heterocycles. The van der Waals surface area contributed by atoms with E-state index in [2.05, 4.69) is 30.6 Å². The monoisotopic (exact) mass is 293 g/mol. The number of nitro benzene ring substituents is 1. The second kappa shape index (κ2) is 5.99. The van der Waals surface area contributed by atoms with E-state index in [4.69, 9.17) is 0 Å². The molecule has 21 heavy (non-hydrogen) atoms. The maximum absolute atomic E-state index is 10.8. The summed E-state index contributed by atoms with van der Waals surface area (Å²) in [5, 5.41) is 20.3. The van der Waals surface area contributed by atoms with Gasteiger partial charge >= 0.3 is 0 Å². The maximum atomic E-state index is 10.8. The van der Waals surface area contributed by atoms with E-state index >= 15 is 0 Å². The van der Waals surface area contributed by atoms with E-state index in [0.29, 0.717) is 5.56 Å². The summed E-state index contributed by atoms with van der Waals surface area (Å²) in [4.78, 5) is 15.0. The van der Waals surface area contributed by atoms with Gasteiger partial charge in [-0.1, -0.05) is 0 Å². The molecule has 1 saturated heterocycles. The minimum absolute atomic E-state index is 0.0242. The van der Waals surface area contributed by atoms with E-state index in [-0.39, 0.29) is 17.8 Å². The second-order valence-corrected chi connectivity index (χ2v) is 6.37. The van der Waals surface area contributed by atoms with Crippen LogP contribution in [0.15, 0.2) is 18.2 Å². The summed E-state index contributed by atoms with van der Waals surface area (Å²) in [7, 11) is 0. The van der Waals surface area contributed by atoms with Gasteiger partial charge in [0, 0.05) is 55.1 Å². The number of anilines is 1. The summed E-state index contributed by atoms with van der Waals surface area (Å²) in [6.07, 6.45) is 0. The minimum atomic E-state index is -0.430. The summed E-state index contributed by atoms with van der Waals surface area (Å²) in [6.45, 7) is 10.0. The Labute approximate surface area is 125 Å². The molecule has 0 saturated carbocycles. The number of piperazine rings is 1. The standard InChI is InChI=1S/C15H23N3O3/c1-15(2,3)17-8-6-16(7-9-17)14-5-4-13(18(20)21)10-12(14)11-19/h4-5,10,19H,6-9,11H2,1-3H3. The van der Waals surface area contributed by atoms with E-state index in [1.165, 1.54) is 12.1 Å². The van der Waals surface area contributed by atoms with Crippen molar-refractivity contribution < 1.29 is 10.0 Å². The average Bonchev–Trinajstić information content (AvgIpc) is 2.45. The number of nitro groups is 1. The molecular formula is C15H23N3O3. The van der Waals surface area contributed by atoms with E-state index in [0.717, 1.165) is 31.9 Å². The zero-order valence-electron chi connectivity index (χ0n) is 12.9. The molecule has 116 valence electrons. The third-order valence-electron chi connectivity index (χ3n) is 4.01. The SMILES string of the molecule is CC(C)(C)N1CCN(c2ccc([N+](=O)[O-])cc2CO)CC1.